The Bertz CT molecular complexity index is 1070. The number of nitrogens with zero attached hydrogens (tertiary/aromatic N) is 2. The van der Waals surface area contributed by atoms with Crippen LogP contribution in [-0.4, -0.2) is 18.4 Å². The Kier molecular flexibility index (Phi) is 5.00. The van der Waals surface area contributed by atoms with Crippen molar-refractivity contribution < 1.29 is 9.59 Å². The van der Waals surface area contributed by atoms with Gasteiger partial charge in [0.2, 0.25) is 0 Å². The molecule has 1 aliphatic heterocycles. The lowest BCUT2D eigenvalue weighted by Crippen LogP contribution is -2.35. The number of aryl methyl sites for hydroxylation is 1. The van der Waals surface area contributed by atoms with Crippen molar-refractivity contribution in [1.29, 1.82) is 0 Å². The number of para-hydroxylation sites is 2. The van der Waals surface area contributed by atoms with Crippen LogP contribution in [0.15, 0.2) is 90.6 Å². The molecule has 0 saturated heterocycles. The molecule has 0 spiro atoms. The van der Waals surface area contributed by atoms with Gasteiger partial charge in [-0.3, -0.25) is 9.59 Å². The van der Waals surface area contributed by atoms with Crippen LogP contribution >= 0.6 is 0 Å². The molecule has 0 aromatic heterocycles. The fourth-order valence-electron chi connectivity index (χ4n) is 3.64. The maximum atomic E-state index is 13.5. The van der Waals surface area contributed by atoms with Gasteiger partial charge in [-0.05, 0) is 43.7 Å². The molecule has 1 heterocycles. The van der Waals surface area contributed by atoms with E-state index in [1.165, 1.54) is 4.90 Å². The van der Waals surface area contributed by atoms with Crippen LogP contribution in [-0.2, 0) is 9.59 Å². The summed E-state index contributed by atoms with van der Waals surface area (Å²) in [5, 5.41) is 0. The van der Waals surface area contributed by atoms with Gasteiger partial charge < -0.3 is 4.90 Å². The Hall–Kier alpha value is -3.66. The molecule has 4 rings (SSSR count). The van der Waals surface area contributed by atoms with Gasteiger partial charge >= 0.3 is 0 Å². The molecule has 1 aliphatic rings. The lowest BCUT2D eigenvalue weighted by Gasteiger charge is -2.25. The number of carbonyl (C=O) groups excluding carboxylic acids is 2. The molecule has 0 atom stereocenters. The standard InChI is InChI=1S/C25H22N2O2/c1-3-26(20-10-6-4-7-11-20)23-22(19-16-14-18(2)15-17-19)24(28)27(25(23)29)21-12-8-5-9-13-21/h4-17H,3H2,1-2H3. The number of likely N-dealkylation sites (N-methyl/N-ethyl adjacent to an activating group) is 1. The molecule has 0 bridgehead atoms. The van der Waals surface area contributed by atoms with Crippen LogP contribution in [0.4, 0.5) is 11.4 Å². The number of anilines is 2. The van der Waals surface area contributed by atoms with E-state index in [9.17, 15) is 9.59 Å². The Morgan fingerprint density at radius 3 is 1.93 bits per heavy atom. The normalized spacial score (nSPS) is 13.9. The number of hydrogen-bond donors (Lipinski definition) is 0. The Morgan fingerprint density at radius 2 is 1.34 bits per heavy atom. The van der Waals surface area contributed by atoms with Crippen molar-refractivity contribution in [3.63, 3.8) is 0 Å². The predicted octanol–water partition coefficient (Wildman–Crippen LogP) is 4.81. The summed E-state index contributed by atoms with van der Waals surface area (Å²) in [5.41, 5.74) is 4.15. The van der Waals surface area contributed by atoms with Crippen molar-refractivity contribution in [2.45, 2.75) is 13.8 Å². The van der Waals surface area contributed by atoms with E-state index in [0.717, 1.165) is 16.8 Å². The van der Waals surface area contributed by atoms with E-state index in [-0.39, 0.29) is 11.8 Å². The van der Waals surface area contributed by atoms with E-state index in [2.05, 4.69) is 0 Å². The molecule has 0 N–H and O–H groups in total. The molecule has 2 amide bonds. The third-order valence-corrected chi connectivity index (χ3v) is 5.07. The van der Waals surface area contributed by atoms with Crippen LogP contribution in [0.5, 0.6) is 0 Å². The van der Waals surface area contributed by atoms with E-state index in [1.54, 1.807) is 12.1 Å². The highest BCUT2D eigenvalue weighted by Crippen LogP contribution is 2.36. The fourth-order valence-corrected chi connectivity index (χ4v) is 3.64. The van der Waals surface area contributed by atoms with Crippen molar-refractivity contribution in [1.82, 2.24) is 0 Å². The summed E-state index contributed by atoms with van der Waals surface area (Å²) in [7, 11) is 0. The lowest BCUT2D eigenvalue weighted by atomic mass is 10.0. The predicted molar refractivity (Wildman–Crippen MR) is 116 cm³/mol. The summed E-state index contributed by atoms with van der Waals surface area (Å²) >= 11 is 0. The van der Waals surface area contributed by atoms with Crippen molar-refractivity contribution in [3.05, 3.63) is 102 Å². The molecule has 144 valence electrons. The van der Waals surface area contributed by atoms with Crippen molar-refractivity contribution in [2.75, 3.05) is 16.3 Å². The molecule has 4 heteroatoms. The third kappa shape index (κ3) is 3.34. The van der Waals surface area contributed by atoms with Gasteiger partial charge in [-0.1, -0.05) is 66.2 Å². The first-order valence-corrected chi connectivity index (χ1v) is 9.69. The molecule has 0 fully saturated rings. The average Bonchev–Trinajstić information content (AvgIpc) is 3.01. The van der Waals surface area contributed by atoms with Gasteiger partial charge in [0, 0.05) is 12.2 Å². The van der Waals surface area contributed by atoms with Crippen molar-refractivity contribution in [3.8, 4) is 0 Å². The summed E-state index contributed by atoms with van der Waals surface area (Å²) in [6.45, 7) is 4.55. The summed E-state index contributed by atoms with van der Waals surface area (Å²) < 4.78 is 0. The van der Waals surface area contributed by atoms with E-state index < -0.39 is 0 Å². The highest BCUT2D eigenvalue weighted by molar-refractivity contribution is 6.46. The SMILES string of the molecule is CCN(C1=C(c2ccc(C)cc2)C(=O)N(c2ccccc2)C1=O)c1ccccc1. The van der Waals surface area contributed by atoms with E-state index in [4.69, 9.17) is 0 Å². The number of rotatable bonds is 5. The minimum absolute atomic E-state index is 0.297. The zero-order chi connectivity index (χ0) is 20.4. The highest BCUT2D eigenvalue weighted by Gasteiger charge is 2.42. The van der Waals surface area contributed by atoms with Gasteiger partial charge in [0.05, 0.1) is 11.3 Å². The number of imide groups is 1. The number of amides is 2. The quantitative estimate of drug-likeness (QED) is 0.595. The molecule has 0 unspecified atom stereocenters. The molecule has 3 aromatic rings. The first kappa shape index (κ1) is 18.7. The van der Waals surface area contributed by atoms with Gasteiger partial charge in [0.25, 0.3) is 11.8 Å². The molecule has 0 radical (unpaired) electrons. The number of hydrogen-bond acceptors (Lipinski definition) is 3. The van der Waals surface area contributed by atoms with Gasteiger partial charge in [-0.15, -0.1) is 0 Å². The number of carbonyl (C=O) groups is 2. The minimum atomic E-state index is -0.303. The monoisotopic (exact) mass is 382 g/mol. The topological polar surface area (TPSA) is 40.6 Å². The Morgan fingerprint density at radius 1 is 0.759 bits per heavy atom. The second kappa shape index (κ2) is 7.76. The molecule has 4 nitrogen and oxygen atoms in total. The lowest BCUT2D eigenvalue weighted by molar-refractivity contribution is -0.120. The zero-order valence-electron chi connectivity index (χ0n) is 16.5. The molecule has 0 saturated carbocycles. The molecule has 3 aromatic carbocycles. The van der Waals surface area contributed by atoms with E-state index in [1.807, 2.05) is 91.5 Å². The second-order valence-electron chi connectivity index (χ2n) is 6.95. The van der Waals surface area contributed by atoms with E-state index in [0.29, 0.717) is 23.5 Å². The Balaban J connectivity index is 1.91. The van der Waals surface area contributed by atoms with Crippen LogP contribution in [0, 0.1) is 6.92 Å². The van der Waals surface area contributed by atoms with Crippen molar-refractivity contribution >= 4 is 28.8 Å². The molecule has 0 aliphatic carbocycles. The largest absolute Gasteiger partial charge is 0.337 e. The zero-order valence-corrected chi connectivity index (χ0v) is 16.5. The first-order valence-electron chi connectivity index (χ1n) is 9.69. The van der Waals surface area contributed by atoms with Gasteiger partial charge in [0.15, 0.2) is 0 Å². The van der Waals surface area contributed by atoms with Crippen LogP contribution < -0.4 is 9.80 Å². The average molecular weight is 382 g/mol. The van der Waals surface area contributed by atoms with Crippen LogP contribution in [0.3, 0.4) is 0 Å². The Labute approximate surface area is 170 Å². The minimum Gasteiger partial charge on any atom is -0.337 e. The molecular weight excluding hydrogens is 360 g/mol. The first-order chi connectivity index (χ1) is 14.1. The third-order valence-electron chi connectivity index (χ3n) is 5.07. The van der Waals surface area contributed by atoms with Crippen LogP contribution in [0.1, 0.15) is 18.1 Å². The van der Waals surface area contributed by atoms with Gasteiger partial charge in [-0.25, -0.2) is 4.90 Å². The van der Waals surface area contributed by atoms with Gasteiger partial charge in [-0.2, -0.15) is 0 Å². The van der Waals surface area contributed by atoms with Crippen LogP contribution in [0.25, 0.3) is 5.57 Å². The molecular formula is C25H22N2O2. The maximum absolute atomic E-state index is 13.5. The second-order valence-corrected chi connectivity index (χ2v) is 6.95. The molecule has 29 heavy (non-hydrogen) atoms. The summed E-state index contributed by atoms with van der Waals surface area (Å²) in [5.74, 6) is -0.600. The van der Waals surface area contributed by atoms with Crippen molar-refractivity contribution in [2.24, 2.45) is 0 Å². The summed E-state index contributed by atoms with van der Waals surface area (Å²) in [4.78, 5) is 30.2. The van der Waals surface area contributed by atoms with Crippen LogP contribution in [0.2, 0.25) is 0 Å². The van der Waals surface area contributed by atoms with Gasteiger partial charge in [0.1, 0.15) is 5.70 Å². The summed E-state index contributed by atoms with van der Waals surface area (Å²) in [6, 6.07) is 26.5. The fraction of sp³-hybridized carbons (Fsp3) is 0.120. The van der Waals surface area contributed by atoms with E-state index >= 15 is 0 Å². The summed E-state index contributed by atoms with van der Waals surface area (Å²) in [6.07, 6.45) is 0. The maximum Gasteiger partial charge on any atom is 0.282 e. The highest BCUT2D eigenvalue weighted by atomic mass is 16.2. The number of benzene rings is 3. The smallest absolute Gasteiger partial charge is 0.282 e.